The molecule has 98 valence electrons. The molecular weight excluding hydrogens is 224 g/mol. The zero-order chi connectivity index (χ0) is 12.7. The van der Waals surface area contributed by atoms with E-state index in [-0.39, 0.29) is 18.4 Å². The molecule has 6 nitrogen and oxygen atoms in total. The van der Waals surface area contributed by atoms with Crippen LogP contribution in [0.25, 0.3) is 0 Å². The third-order valence-electron chi connectivity index (χ3n) is 2.66. The molecule has 1 saturated heterocycles. The maximum Gasteiger partial charge on any atom is 0.306 e. The normalized spacial score (nSPS) is 20.3. The Morgan fingerprint density at radius 1 is 1.53 bits per heavy atom. The highest BCUT2D eigenvalue weighted by Crippen LogP contribution is 2.09. The van der Waals surface area contributed by atoms with Gasteiger partial charge in [0, 0.05) is 26.1 Å². The summed E-state index contributed by atoms with van der Waals surface area (Å²) < 4.78 is 5.30. The van der Waals surface area contributed by atoms with Crippen LogP contribution < -0.4 is 5.32 Å². The standard InChI is InChI=1S/C11H20N2O4/c1-2-12-4-3-10(14)13-5-6-17-9(8-13)7-11(15)16/h9,12H,2-8H2,1H3,(H,15,16). The van der Waals surface area contributed by atoms with Gasteiger partial charge in [0.25, 0.3) is 0 Å². The molecule has 1 amide bonds. The molecule has 17 heavy (non-hydrogen) atoms. The second-order valence-electron chi connectivity index (χ2n) is 4.03. The maximum absolute atomic E-state index is 11.8. The van der Waals surface area contributed by atoms with Crippen molar-refractivity contribution in [2.75, 3.05) is 32.8 Å². The molecule has 0 spiro atoms. The molecule has 0 radical (unpaired) electrons. The number of amides is 1. The molecule has 1 aliphatic heterocycles. The number of morpholine rings is 1. The van der Waals surface area contributed by atoms with Crippen LogP contribution in [0.3, 0.4) is 0 Å². The molecule has 1 aliphatic rings. The molecule has 0 bridgehead atoms. The molecule has 0 aromatic heterocycles. The number of nitrogens with one attached hydrogen (secondary N) is 1. The fourth-order valence-electron chi connectivity index (χ4n) is 1.79. The van der Waals surface area contributed by atoms with E-state index in [1.165, 1.54) is 0 Å². The Kier molecular flexibility index (Phi) is 5.93. The minimum absolute atomic E-state index is 0.0447. The van der Waals surface area contributed by atoms with Crippen LogP contribution in [0.2, 0.25) is 0 Å². The van der Waals surface area contributed by atoms with Gasteiger partial charge in [0.15, 0.2) is 0 Å². The van der Waals surface area contributed by atoms with Gasteiger partial charge in [-0.3, -0.25) is 9.59 Å². The first-order valence-corrected chi connectivity index (χ1v) is 5.95. The summed E-state index contributed by atoms with van der Waals surface area (Å²) >= 11 is 0. The van der Waals surface area contributed by atoms with Crippen LogP contribution in [0.1, 0.15) is 19.8 Å². The average molecular weight is 244 g/mol. The first kappa shape index (κ1) is 13.9. The zero-order valence-corrected chi connectivity index (χ0v) is 10.1. The van der Waals surface area contributed by atoms with Crippen molar-refractivity contribution in [2.45, 2.75) is 25.9 Å². The monoisotopic (exact) mass is 244 g/mol. The van der Waals surface area contributed by atoms with Gasteiger partial charge in [-0.25, -0.2) is 0 Å². The van der Waals surface area contributed by atoms with Gasteiger partial charge in [-0.15, -0.1) is 0 Å². The summed E-state index contributed by atoms with van der Waals surface area (Å²) in [6.07, 6.45) is 0.0364. The van der Waals surface area contributed by atoms with E-state index in [9.17, 15) is 9.59 Å². The summed E-state index contributed by atoms with van der Waals surface area (Å²) in [7, 11) is 0. The van der Waals surface area contributed by atoms with E-state index in [2.05, 4.69) is 5.32 Å². The Morgan fingerprint density at radius 3 is 2.94 bits per heavy atom. The number of aliphatic carboxylic acids is 1. The Hall–Kier alpha value is -1.14. The summed E-state index contributed by atoms with van der Waals surface area (Å²) in [4.78, 5) is 24.0. The lowest BCUT2D eigenvalue weighted by Gasteiger charge is -2.32. The van der Waals surface area contributed by atoms with E-state index < -0.39 is 5.97 Å². The largest absolute Gasteiger partial charge is 0.481 e. The maximum atomic E-state index is 11.8. The zero-order valence-electron chi connectivity index (χ0n) is 10.1. The smallest absolute Gasteiger partial charge is 0.306 e. The van der Waals surface area contributed by atoms with Gasteiger partial charge < -0.3 is 20.1 Å². The molecule has 1 unspecified atom stereocenters. The predicted octanol–water partition coefficient (Wildman–Crippen LogP) is -0.312. The number of hydrogen-bond acceptors (Lipinski definition) is 4. The van der Waals surface area contributed by atoms with Crippen LogP contribution in [0.4, 0.5) is 0 Å². The molecule has 1 heterocycles. The van der Waals surface area contributed by atoms with E-state index in [0.29, 0.717) is 32.7 Å². The van der Waals surface area contributed by atoms with Crippen LogP contribution in [-0.4, -0.2) is 60.8 Å². The van der Waals surface area contributed by atoms with Crippen LogP contribution in [0, 0.1) is 0 Å². The summed E-state index contributed by atoms with van der Waals surface area (Å²) in [6, 6.07) is 0. The molecular formula is C11H20N2O4. The van der Waals surface area contributed by atoms with Crippen molar-refractivity contribution in [3.63, 3.8) is 0 Å². The first-order valence-electron chi connectivity index (χ1n) is 5.95. The van der Waals surface area contributed by atoms with E-state index in [1.807, 2.05) is 6.92 Å². The summed E-state index contributed by atoms with van der Waals surface area (Å²) in [5, 5.41) is 11.8. The van der Waals surface area contributed by atoms with Crippen molar-refractivity contribution < 1.29 is 19.4 Å². The summed E-state index contributed by atoms with van der Waals surface area (Å²) in [5.74, 6) is -0.832. The van der Waals surface area contributed by atoms with Gasteiger partial charge in [-0.1, -0.05) is 6.92 Å². The van der Waals surface area contributed by atoms with E-state index in [4.69, 9.17) is 9.84 Å². The van der Waals surface area contributed by atoms with E-state index >= 15 is 0 Å². The fourth-order valence-corrected chi connectivity index (χ4v) is 1.79. The van der Waals surface area contributed by atoms with Crippen molar-refractivity contribution in [3.05, 3.63) is 0 Å². The Labute approximate surface area is 101 Å². The topological polar surface area (TPSA) is 78.9 Å². The molecule has 0 saturated carbocycles. The molecule has 0 aliphatic carbocycles. The van der Waals surface area contributed by atoms with Crippen molar-refractivity contribution in [3.8, 4) is 0 Å². The number of rotatable bonds is 6. The van der Waals surface area contributed by atoms with Crippen molar-refractivity contribution in [1.82, 2.24) is 10.2 Å². The number of hydrogen-bond donors (Lipinski definition) is 2. The lowest BCUT2D eigenvalue weighted by Crippen LogP contribution is -2.46. The molecule has 1 fully saturated rings. The van der Waals surface area contributed by atoms with E-state index in [0.717, 1.165) is 6.54 Å². The van der Waals surface area contributed by atoms with Gasteiger partial charge in [0.05, 0.1) is 19.1 Å². The number of ether oxygens (including phenoxy) is 1. The second-order valence-corrected chi connectivity index (χ2v) is 4.03. The summed E-state index contributed by atoms with van der Waals surface area (Å²) in [5.41, 5.74) is 0. The van der Waals surface area contributed by atoms with Crippen LogP contribution in [0.5, 0.6) is 0 Å². The predicted molar refractivity (Wildman–Crippen MR) is 61.7 cm³/mol. The number of carboxylic acid groups (broad SMARTS) is 1. The van der Waals surface area contributed by atoms with E-state index in [1.54, 1.807) is 4.90 Å². The lowest BCUT2D eigenvalue weighted by molar-refractivity contribution is -0.147. The third-order valence-corrected chi connectivity index (χ3v) is 2.66. The SMILES string of the molecule is CCNCCC(=O)N1CCOC(CC(=O)O)C1. The van der Waals surface area contributed by atoms with Crippen molar-refractivity contribution in [2.24, 2.45) is 0 Å². The highest BCUT2D eigenvalue weighted by Gasteiger charge is 2.25. The average Bonchev–Trinajstić information content (AvgIpc) is 2.28. The van der Waals surface area contributed by atoms with Gasteiger partial charge in [-0.2, -0.15) is 0 Å². The Morgan fingerprint density at radius 2 is 2.29 bits per heavy atom. The quantitative estimate of drug-likeness (QED) is 0.626. The van der Waals surface area contributed by atoms with Gasteiger partial charge in [0.1, 0.15) is 0 Å². The number of carbonyl (C=O) groups is 2. The van der Waals surface area contributed by atoms with Crippen molar-refractivity contribution in [1.29, 1.82) is 0 Å². The Bertz CT molecular complexity index is 270. The summed E-state index contributed by atoms with van der Waals surface area (Å²) in [6.45, 7) is 4.86. The Balaban J connectivity index is 2.32. The number of nitrogens with zero attached hydrogens (tertiary/aromatic N) is 1. The minimum atomic E-state index is -0.892. The van der Waals surface area contributed by atoms with Crippen LogP contribution in [-0.2, 0) is 14.3 Å². The van der Waals surface area contributed by atoms with Crippen molar-refractivity contribution >= 4 is 11.9 Å². The molecule has 1 atom stereocenters. The van der Waals surface area contributed by atoms with Gasteiger partial charge >= 0.3 is 5.97 Å². The molecule has 6 heteroatoms. The molecule has 0 aromatic carbocycles. The molecule has 0 aromatic rings. The first-order chi connectivity index (χ1) is 8.13. The van der Waals surface area contributed by atoms with Gasteiger partial charge in [0.2, 0.25) is 5.91 Å². The minimum Gasteiger partial charge on any atom is -0.481 e. The fraction of sp³-hybridized carbons (Fsp3) is 0.818. The lowest BCUT2D eigenvalue weighted by atomic mass is 10.2. The third kappa shape index (κ3) is 5.14. The van der Waals surface area contributed by atoms with Gasteiger partial charge in [-0.05, 0) is 6.54 Å². The molecule has 2 N–H and O–H groups in total. The highest BCUT2D eigenvalue weighted by molar-refractivity contribution is 5.76. The second kappa shape index (κ2) is 7.24. The highest BCUT2D eigenvalue weighted by atomic mass is 16.5. The van der Waals surface area contributed by atoms with Crippen LogP contribution >= 0.6 is 0 Å². The number of carboxylic acids is 1. The molecule has 1 rings (SSSR count). The van der Waals surface area contributed by atoms with Crippen LogP contribution in [0.15, 0.2) is 0 Å². The number of carbonyl (C=O) groups excluding carboxylic acids is 1.